The normalized spacial score (nSPS) is 20.9. The van der Waals surface area contributed by atoms with Crippen LogP contribution in [0.3, 0.4) is 0 Å². The number of carbonyl (C=O) groups excluding carboxylic acids is 1. The van der Waals surface area contributed by atoms with E-state index in [0.717, 1.165) is 12.8 Å². The molecule has 1 aliphatic heterocycles. The average molecular weight is 336 g/mol. The predicted octanol–water partition coefficient (Wildman–Crippen LogP) is 2.02. The summed E-state index contributed by atoms with van der Waals surface area (Å²) in [6.07, 6.45) is 2.66. The number of ether oxygens (including phenoxy) is 1. The van der Waals surface area contributed by atoms with Crippen molar-refractivity contribution >= 4 is 15.9 Å². The Morgan fingerprint density at radius 3 is 2.78 bits per heavy atom. The first-order valence-corrected chi connectivity index (χ1v) is 9.02. The number of sulfonamides is 1. The number of rotatable bonds is 5. The van der Waals surface area contributed by atoms with E-state index >= 15 is 0 Å². The molecule has 1 fully saturated rings. The fraction of sp³-hybridized carbons (Fsp3) is 0.500. The van der Waals surface area contributed by atoms with E-state index < -0.39 is 15.9 Å². The van der Waals surface area contributed by atoms with Crippen molar-refractivity contribution in [2.75, 3.05) is 0 Å². The summed E-state index contributed by atoms with van der Waals surface area (Å²) >= 11 is 0. The molecule has 1 aromatic carbocycles. The van der Waals surface area contributed by atoms with Crippen LogP contribution in [-0.2, 0) is 19.6 Å². The first-order chi connectivity index (χ1) is 10.8. The number of aryl methyl sites for hydroxylation is 1. The molecule has 0 spiro atoms. The third-order valence-electron chi connectivity index (χ3n) is 3.87. The Morgan fingerprint density at radius 1 is 1.43 bits per heavy atom. The summed E-state index contributed by atoms with van der Waals surface area (Å²) in [5.41, 5.74) is 0.717. The van der Waals surface area contributed by atoms with Crippen LogP contribution in [0, 0.1) is 18.3 Å². The number of hydrogen-bond acceptors (Lipinski definition) is 5. The summed E-state index contributed by atoms with van der Waals surface area (Å²) in [4.78, 5) is 11.9. The van der Waals surface area contributed by atoms with Crippen molar-refractivity contribution in [2.45, 2.75) is 56.6 Å². The van der Waals surface area contributed by atoms with Crippen molar-refractivity contribution < 1.29 is 17.9 Å². The van der Waals surface area contributed by atoms with E-state index in [-0.39, 0.29) is 29.1 Å². The van der Waals surface area contributed by atoms with Crippen LogP contribution in [0.1, 0.15) is 43.7 Å². The summed E-state index contributed by atoms with van der Waals surface area (Å²) in [6.45, 7) is 3.60. The number of nitriles is 1. The first kappa shape index (κ1) is 17.4. The Kier molecular flexibility index (Phi) is 5.39. The maximum atomic E-state index is 12.3. The summed E-state index contributed by atoms with van der Waals surface area (Å²) in [5, 5.41) is 8.88. The van der Waals surface area contributed by atoms with Gasteiger partial charge in [-0.05, 0) is 50.8 Å². The molecular formula is C16H20N2O4S. The van der Waals surface area contributed by atoms with E-state index in [2.05, 4.69) is 4.72 Å². The van der Waals surface area contributed by atoms with Gasteiger partial charge in [-0.2, -0.15) is 5.26 Å². The minimum Gasteiger partial charge on any atom is -0.375 e. The highest BCUT2D eigenvalue weighted by molar-refractivity contribution is 7.90. The Balaban J connectivity index is 2.00. The highest BCUT2D eigenvalue weighted by Gasteiger charge is 2.24. The molecule has 0 aromatic heterocycles. The third kappa shape index (κ3) is 4.53. The Bertz CT molecular complexity index is 737. The monoisotopic (exact) mass is 336 g/mol. The lowest BCUT2D eigenvalue weighted by molar-refractivity contribution is -0.120. The minimum atomic E-state index is -3.97. The Hall–Kier alpha value is -1.91. The van der Waals surface area contributed by atoms with Crippen LogP contribution in [0.25, 0.3) is 0 Å². The van der Waals surface area contributed by atoms with Crippen molar-refractivity contribution in [1.29, 1.82) is 5.26 Å². The molecule has 0 bridgehead atoms. The number of carbonyl (C=O) groups is 1. The van der Waals surface area contributed by atoms with Gasteiger partial charge in [0.25, 0.3) is 10.0 Å². The van der Waals surface area contributed by atoms with Gasteiger partial charge in [0.2, 0.25) is 5.91 Å². The number of amides is 1. The predicted molar refractivity (Wildman–Crippen MR) is 84.0 cm³/mol. The van der Waals surface area contributed by atoms with Gasteiger partial charge in [-0.15, -0.1) is 0 Å². The maximum Gasteiger partial charge on any atom is 0.264 e. The molecule has 7 heteroatoms. The molecule has 1 aliphatic rings. The molecule has 0 saturated carbocycles. The topological polar surface area (TPSA) is 96.3 Å². The zero-order valence-electron chi connectivity index (χ0n) is 13.2. The second-order valence-electron chi connectivity index (χ2n) is 5.81. The van der Waals surface area contributed by atoms with E-state index in [9.17, 15) is 13.2 Å². The van der Waals surface area contributed by atoms with Gasteiger partial charge in [-0.1, -0.05) is 6.07 Å². The van der Waals surface area contributed by atoms with Crippen LogP contribution < -0.4 is 4.72 Å². The lowest BCUT2D eigenvalue weighted by Crippen LogP contribution is -2.31. The molecule has 0 aliphatic carbocycles. The summed E-state index contributed by atoms with van der Waals surface area (Å²) in [5.74, 6) is -0.560. The lowest BCUT2D eigenvalue weighted by Gasteiger charge is -2.12. The molecule has 0 radical (unpaired) electrons. The molecule has 1 aromatic rings. The van der Waals surface area contributed by atoms with Gasteiger partial charge < -0.3 is 4.74 Å². The third-order valence-corrected chi connectivity index (χ3v) is 5.38. The van der Waals surface area contributed by atoms with Crippen LogP contribution in [-0.4, -0.2) is 26.5 Å². The van der Waals surface area contributed by atoms with Crippen LogP contribution >= 0.6 is 0 Å². The highest BCUT2D eigenvalue weighted by atomic mass is 32.2. The summed E-state index contributed by atoms with van der Waals surface area (Å²) in [7, 11) is -3.97. The summed E-state index contributed by atoms with van der Waals surface area (Å²) < 4.78 is 32.3. The SMILES string of the molecule is Cc1ccc(C#N)cc1S(=O)(=O)NC(=O)CC[C@@H]1CC[C@@H](C)O1. The van der Waals surface area contributed by atoms with Gasteiger partial charge in [0.05, 0.1) is 28.7 Å². The van der Waals surface area contributed by atoms with Crippen LogP contribution in [0.4, 0.5) is 0 Å². The van der Waals surface area contributed by atoms with Crippen molar-refractivity contribution in [3.05, 3.63) is 29.3 Å². The fourth-order valence-electron chi connectivity index (χ4n) is 2.60. The molecular weight excluding hydrogens is 316 g/mol. The van der Waals surface area contributed by atoms with Gasteiger partial charge in [0.1, 0.15) is 0 Å². The van der Waals surface area contributed by atoms with Crippen molar-refractivity contribution in [3.63, 3.8) is 0 Å². The average Bonchev–Trinajstić information content (AvgIpc) is 2.90. The molecule has 23 heavy (non-hydrogen) atoms. The van der Waals surface area contributed by atoms with Crippen molar-refractivity contribution in [2.24, 2.45) is 0 Å². The zero-order valence-corrected chi connectivity index (χ0v) is 14.0. The van der Waals surface area contributed by atoms with E-state index in [1.165, 1.54) is 12.1 Å². The zero-order chi connectivity index (χ0) is 17.0. The Morgan fingerprint density at radius 2 is 2.17 bits per heavy atom. The largest absolute Gasteiger partial charge is 0.375 e. The van der Waals surface area contributed by atoms with Crippen LogP contribution in [0.5, 0.6) is 0 Å². The molecule has 1 heterocycles. The van der Waals surface area contributed by atoms with Gasteiger partial charge >= 0.3 is 0 Å². The van der Waals surface area contributed by atoms with E-state index in [4.69, 9.17) is 10.00 Å². The molecule has 6 nitrogen and oxygen atoms in total. The van der Waals surface area contributed by atoms with Gasteiger partial charge in [-0.25, -0.2) is 13.1 Å². The van der Waals surface area contributed by atoms with Crippen LogP contribution in [0.2, 0.25) is 0 Å². The van der Waals surface area contributed by atoms with Crippen molar-refractivity contribution in [1.82, 2.24) is 4.72 Å². The van der Waals surface area contributed by atoms with E-state index in [0.29, 0.717) is 12.0 Å². The number of hydrogen-bond donors (Lipinski definition) is 1. The van der Waals surface area contributed by atoms with Gasteiger partial charge in [0, 0.05) is 6.42 Å². The molecule has 1 amide bonds. The summed E-state index contributed by atoms with van der Waals surface area (Å²) in [6, 6.07) is 6.25. The van der Waals surface area contributed by atoms with E-state index in [1.807, 2.05) is 13.0 Å². The Labute approximate surface area is 136 Å². The second-order valence-corrected chi connectivity index (χ2v) is 7.46. The van der Waals surface area contributed by atoms with Crippen molar-refractivity contribution in [3.8, 4) is 6.07 Å². The number of nitrogens with zero attached hydrogens (tertiary/aromatic N) is 1. The maximum absolute atomic E-state index is 12.3. The lowest BCUT2D eigenvalue weighted by atomic mass is 10.1. The molecule has 0 unspecified atom stereocenters. The molecule has 1 N–H and O–H groups in total. The van der Waals surface area contributed by atoms with Gasteiger partial charge in [0.15, 0.2) is 0 Å². The smallest absolute Gasteiger partial charge is 0.264 e. The highest BCUT2D eigenvalue weighted by Crippen LogP contribution is 2.23. The molecule has 2 atom stereocenters. The standard InChI is InChI=1S/C16H20N2O4S/c1-11-3-5-13(10-17)9-15(11)23(20,21)18-16(19)8-7-14-6-4-12(2)22-14/h3,5,9,12,14H,4,6-8H2,1-2H3,(H,18,19)/t12-,14+/m1/s1. The quantitative estimate of drug-likeness (QED) is 0.887. The minimum absolute atomic E-state index is 0.0158. The van der Waals surface area contributed by atoms with E-state index in [1.54, 1.807) is 13.0 Å². The molecule has 2 rings (SSSR count). The number of nitrogens with one attached hydrogen (secondary N) is 1. The first-order valence-electron chi connectivity index (χ1n) is 7.53. The fourth-order valence-corrected chi connectivity index (χ4v) is 3.89. The van der Waals surface area contributed by atoms with Gasteiger partial charge in [-0.3, -0.25) is 4.79 Å². The van der Waals surface area contributed by atoms with Crippen LogP contribution in [0.15, 0.2) is 23.1 Å². The molecule has 1 saturated heterocycles. The number of benzene rings is 1. The second kappa shape index (κ2) is 7.11. The molecule has 124 valence electrons.